The first-order valence-electron chi connectivity index (χ1n) is 3.61. The molecule has 1 aromatic rings. The molecule has 0 fully saturated rings. The average molecular weight is 199 g/mol. The molecule has 0 unspecified atom stereocenters. The zero-order valence-corrected chi connectivity index (χ0v) is 7.44. The minimum atomic E-state index is -0.401. The fourth-order valence-corrected chi connectivity index (χ4v) is 0.811. The maximum atomic E-state index is 11.0. The summed E-state index contributed by atoms with van der Waals surface area (Å²) in [6.45, 7) is 0. The second kappa shape index (κ2) is 4.53. The average Bonchev–Trinajstić information content (AvgIpc) is 2.11. The van der Waals surface area contributed by atoms with Gasteiger partial charge < -0.3 is 0 Å². The van der Waals surface area contributed by atoms with Gasteiger partial charge in [-0.1, -0.05) is 11.8 Å². The second-order valence-electron chi connectivity index (χ2n) is 2.24. The molecule has 0 saturated carbocycles. The van der Waals surface area contributed by atoms with Crippen LogP contribution in [0.25, 0.3) is 0 Å². The summed E-state index contributed by atoms with van der Waals surface area (Å²) in [6.07, 6.45) is 0.494. The third-order valence-electron chi connectivity index (χ3n) is 1.26. The minimum Gasteiger partial charge on any atom is -0.268 e. The van der Waals surface area contributed by atoms with Gasteiger partial charge in [0.05, 0.1) is 5.56 Å². The number of aromatic amines is 2. The Balaban J connectivity index is 3.03. The first-order valence-corrected chi connectivity index (χ1v) is 4.14. The lowest BCUT2D eigenvalue weighted by Gasteiger charge is -1.86. The predicted octanol–water partition coefficient (Wildman–Crippen LogP) is 0.0436. The minimum absolute atomic E-state index is 0.161. The second-order valence-corrected chi connectivity index (χ2v) is 2.62. The van der Waals surface area contributed by atoms with E-state index in [1.165, 1.54) is 0 Å². The largest absolute Gasteiger partial charge is 0.278 e. The van der Waals surface area contributed by atoms with E-state index in [9.17, 15) is 9.59 Å². The van der Waals surface area contributed by atoms with Gasteiger partial charge in [0.1, 0.15) is 0 Å². The molecule has 0 aliphatic heterocycles. The van der Waals surface area contributed by atoms with Crippen molar-refractivity contribution in [3.63, 3.8) is 0 Å². The van der Waals surface area contributed by atoms with E-state index in [2.05, 4.69) is 22.0 Å². The zero-order valence-electron chi connectivity index (χ0n) is 6.69. The molecule has 0 amide bonds. The molecule has 1 rings (SSSR count). The molecule has 1 aromatic heterocycles. The third kappa shape index (κ3) is 2.80. The van der Waals surface area contributed by atoms with Crippen molar-refractivity contribution in [3.05, 3.63) is 32.3 Å². The van der Waals surface area contributed by atoms with Crippen LogP contribution >= 0.6 is 11.6 Å². The van der Waals surface area contributed by atoms with Crippen LogP contribution in [-0.4, -0.2) is 16.1 Å². The van der Waals surface area contributed by atoms with Crippen LogP contribution in [-0.2, 0) is 0 Å². The van der Waals surface area contributed by atoms with Crippen LogP contribution in [0, 0.1) is 11.8 Å². The van der Waals surface area contributed by atoms with E-state index in [-0.39, 0.29) is 11.1 Å². The summed E-state index contributed by atoms with van der Waals surface area (Å²) in [7, 11) is 0. The first-order chi connectivity index (χ1) is 6.24. The summed E-state index contributed by atoms with van der Waals surface area (Å²) in [5.41, 5.74) is -0.620. The normalized spacial score (nSPS) is 9.00. The molecule has 0 radical (unpaired) electrons. The lowest BCUT2D eigenvalue weighted by Crippen LogP contribution is -2.20. The van der Waals surface area contributed by atoms with E-state index in [1.807, 2.05) is 0 Å². The number of hydrogen-bond acceptors (Lipinski definition) is 2. The Morgan fingerprint density at radius 2 is 2.15 bits per heavy atom. The van der Waals surface area contributed by atoms with Gasteiger partial charge in [0.25, 0.3) is 11.1 Å². The molecule has 13 heavy (non-hydrogen) atoms. The topological polar surface area (TPSA) is 65.7 Å². The summed E-state index contributed by atoms with van der Waals surface area (Å²) in [6, 6.07) is 1.15. The summed E-state index contributed by atoms with van der Waals surface area (Å²) in [4.78, 5) is 21.8. The van der Waals surface area contributed by atoms with Gasteiger partial charge in [0, 0.05) is 18.4 Å². The molecular weight excluding hydrogens is 192 g/mol. The Morgan fingerprint density at radius 3 is 2.85 bits per heavy atom. The third-order valence-corrected chi connectivity index (χ3v) is 1.45. The van der Waals surface area contributed by atoms with E-state index in [0.29, 0.717) is 12.3 Å². The molecule has 4 nitrogen and oxygen atoms in total. The van der Waals surface area contributed by atoms with E-state index < -0.39 is 5.56 Å². The number of halogens is 1. The standard InChI is InChI=1S/C8H7ClN2O2/c9-4-2-1-3-6-5-7(12)10-11-8(6)13/h5H,2,4H2,(H,10,12)(H,11,13). The molecule has 0 spiro atoms. The highest BCUT2D eigenvalue weighted by Crippen LogP contribution is 1.83. The summed E-state index contributed by atoms with van der Waals surface area (Å²) < 4.78 is 0. The monoisotopic (exact) mass is 198 g/mol. The van der Waals surface area contributed by atoms with Crippen molar-refractivity contribution in [1.29, 1.82) is 0 Å². The molecular formula is C8H7ClN2O2. The van der Waals surface area contributed by atoms with Crippen LogP contribution in [0.2, 0.25) is 0 Å². The van der Waals surface area contributed by atoms with Crippen molar-refractivity contribution in [3.8, 4) is 11.8 Å². The number of rotatable bonds is 1. The number of H-pyrrole nitrogens is 2. The molecule has 0 aliphatic carbocycles. The van der Waals surface area contributed by atoms with Gasteiger partial charge in [-0.05, 0) is 0 Å². The highest BCUT2D eigenvalue weighted by molar-refractivity contribution is 6.18. The van der Waals surface area contributed by atoms with Crippen molar-refractivity contribution in [1.82, 2.24) is 10.2 Å². The molecule has 0 aliphatic rings. The van der Waals surface area contributed by atoms with Crippen LogP contribution in [0.4, 0.5) is 0 Å². The van der Waals surface area contributed by atoms with Crippen molar-refractivity contribution in [2.75, 3.05) is 5.88 Å². The SMILES string of the molecule is O=c1cc(C#CCCCl)c(=O)[nH][nH]1. The number of alkyl halides is 1. The number of nitrogens with one attached hydrogen (secondary N) is 2. The van der Waals surface area contributed by atoms with Gasteiger partial charge in [-0.3, -0.25) is 19.8 Å². The van der Waals surface area contributed by atoms with Crippen molar-refractivity contribution >= 4 is 11.6 Å². The Morgan fingerprint density at radius 1 is 1.38 bits per heavy atom. The van der Waals surface area contributed by atoms with Crippen molar-refractivity contribution < 1.29 is 0 Å². The summed E-state index contributed by atoms with van der Waals surface area (Å²) in [5, 5.41) is 4.31. The molecule has 0 bridgehead atoms. The lowest BCUT2D eigenvalue weighted by atomic mass is 10.3. The van der Waals surface area contributed by atoms with Gasteiger partial charge in [-0.2, -0.15) is 0 Å². The molecule has 0 saturated heterocycles. The quantitative estimate of drug-likeness (QED) is 0.495. The van der Waals surface area contributed by atoms with Crippen LogP contribution in [0.15, 0.2) is 15.7 Å². The Kier molecular flexibility index (Phi) is 3.35. The smallest absolute Gasteiger partial charge is 0.268 e. The zero-order chi connectivity index (χ0) is 9.68. The predicted molar refractivity (Wildman–Crippen MR) is 49.9 cm³/mol. The van der Waals surface area contributed by atoms with E-state index >= 15 is 0 Å². The van der Waals surface area contributed by atoms with E-state index in [4.69, 9.17) is 11.6 Å². The summed E-state index contributed by atoms with van der Waals surface area (Å²) in [5.74, 6) is 5.63. The number of hydrogen-bond donors (Lipinski definition) is 2. The van der Waals surface area contributed by atoms with Crippen molar-refractivity contribution in [2.24, 2.45) is 0 Å². The molecule has 2 N–H and O–H groups in total. The fraction of sp³-hybridized carbons (Fsp3) is 0.250. The molecule has 5 heteroatoms. The molecule has 0 atom stereocenters. The molecule has 1 heterocycles. The highest BCUT2D eigenvalue weighted by Gasteiger charge is 1.94. The molecule has 68 valence electrons. The van der Waals surface area contributed by atoms with Gasteiger partial charge in [-0.15, -0.1) is 11.6 Å². The Labute approximate surface area is 78.9 Å². The number of aromatic nitrogens is 2. The van der Waals surface area contributed by atoms with Crippen LogP contribution < -0.4 is 11.1 Å². The molecule has 0 aromatic carbocycles. The van der Waals surface area contributed by atoms with Crippen LogP contribution in [0.1, 0.15) is 12.0 Å². The first kappa shape index (κ1) is 9.62. The fourth-order valence-electron chi connectivity index (χ4n) is 0.716. The van der Waals surface area contributed by atoms with Gasteiger partial charge in [-0.25, -0.2) is 0 Å². The highest BCUT2D eigenvalue weighted by atomic mass is 35.5. The summed E-state index contributed by atoms with van der Waals surface area (Å²) >= 11 is 5.38. The Hall–Kier alpha value is -1.47. The van der Waals surface area contributed by atoms with E-state index in [0.717, 1.165) is 6.07 Å². The van der Waals surface area contributed by atoms with Gasteiger partial charge >= 0.3 is 0 Å². The van der Waals surface area contributed by atoms with E-state index in [1.54, 1.807) is 0 Å². The van der Waals surface area contributed by atoms with Gasteiger partial charge in [0.2, 0.25) is 0 Å². The van der Waals surface area contributed by atoms with Gasteiger partial charge in [0.15, 0.2) is 0 Å². The maximum Gasteiger partial charge on any atom is 0.278 e. The van der Waals surface area contributed by atoms with Crippen LogP contribution in [0.5, 0.6) is 0 Å². The Bertz CT molecular complexity index is 449. The van der Waals surface area contributed by atoms with Crippen LogP contribution in [0.3, 0.4) is 0 Å². The maximum absolute atomic E-state index is 11.0. The lowest BCUT2D eigenvalue weighted by molar-refractivity contribution is 0.946. The van der Waals surface area contributed by atoms with Crippen molar-refractivity contribution in [2.45, 2.75) is 6.42 Å².